The number of thiophene rings is 1. The number of carbonyl (C=O) groups excluding carboxylic acids is 1. The van der Waals surface area contributed by atoms with Crippen LogP contribution in [-0.4, -0.2) is 15.3 Å². The van der Waals surface area contributed by atoms with Crippen LogP contribution in [0.5, 0.6) is 0 Å². The highest BCUT2D eigenvalue weighted by molar-refractivity contribution is 7.17. The lowest BCUT2D eigenvalue weighted by Crippen LogP contribution is -2.26. The Bertz CT molecular complexity index is 1050. The van der Waals surface area contributed by atoms with E-state index in [9.17, 15) is 9.59 Å². The number of ketones is 1. The summed E-state index contributed by atoms with van der Waals surface area (Å²) < 4.78 is 1.66. The summed E-state index contributed by atoms with van der Waals surface area (Å²) in [5.74, 6) is 0.886. The largest absolute Gasteiger partial charge is 0.300 e. The Morgan fingerprint density at radius 2 is 2.08 bits per heavy atom. The van der Waals surface area contributed by atoms with Gasteiger partial charge < -0.3 is 0 Å². The number of aryl methyl sites for hydroxylation is 1. The van der Waals surface area contributed by atoms with Crippen molar-refractivity contribution >= 4 is 38.9 Å². The lowest BCUT2D eigenvalue weighted by atomic mass is 10.0. The van der Waals surface area contributed by atoms with E-state index >= 15 is 0 Å². The van der Waals surface area contributed by atoms with Gasteiger partial charge in [-0.05, 0) is 37.1 Å². The van der Waals surface area contributed by atoms with Gasteiger partial charge in [-0.1, -0.05) is 31.5 Å². The average Bonchev–Trinajstić information content (AvgIpc) is 3.00. The number of carbonyl (C=O) groups is 1. The molecular formula is C20H21ClN2O2S. The van der Waals surface area contributed by atoms with Crippen LogP contribution in [0.3, 0.4) is 0 Å². The first-order chi connectivity index (χ1) is 12.3. The Hall–Kier alpha value is -1.98. The number of hydrogen-bond acceptors (Lipinski definition) is 4. The number of benzene rings is 1. The lowest BCUT2D eigenvalue weighted by molar-refractivity contribution is -0.117. The second-order valence-corrected chi connectivity index (χ2v) is 8.09. The number of hydrogen-bond donors (Lipinski definition) is 0. The minimum atomic E-state index is -0.0798. The molecule has 3 aromatic rings. The maximum absolute atomic E-state index is 13.3. The second-order valence-electron chi connectivity index (χ2n) is 6.83. The number of fused-ring (bicyclic) bond motifs is 1. The second kappa shape index (κ2) is 7.33. The van der Waals surface area contributed by atoms with E-state index in [4.69, 9.17) is 16.6 Å². The zero-order valence-electron chi connectivity index (χ0n) is 15.3. The summed E-state index contributed by atoms with van der Waals surface area (Å²) in [6.45, 7) is 7.86. The molecule has 0 atom stereocenters. The number of halogens is 1. The molecule has 0 aliphatic heterocycles. The first-order valence-corrected chi connectivity index (χ1v) is 9.83. The monoisotopic (exact) mass is 388 g/mol. The third-order valence-corrected chi connectivity index (χ3v) is 5.69. The van der Waals surface area contributed by atoms with Crippen LogP contribution in [0.15, 0.2) is 28.4 Å². The quantitative estimate of drug-likeness (QED) is 0.604. The van der Waals surface area contributed by atoms with Crippen molar-refractivity contribution < 1.29 is 4.79 Å². The fourth-order valence-corrected chi connectivity index (χ4v) is 4.05. The van der Waals surface area contributed by atoms with Gasteiger partial charge in [-0.25, -0.2) is 4.98 Å². The van der Waals surface area contributed by atoms with E-state index < -0.39 is 0 Å². The molecule has 0 spiro atoms. The number of aromatic nitrogens is 2. The number of rotatable bonds is 5. The smallest absolute Gasteiger partial charge is 0.262 e. The molecule has 4 nitrogen and oxygen atoms in total. The molecule has 0 unspecified atom stereocenters. The van der Waals surface area contributed by atoms with Crippen molar-refractivity contribution in [1.82, 2.24) is 9.55 Å². The SMILES string of the molecule is CC(=O)CCn1c(C(C)C)nc2scc(-c3ccc(Cl)c(C)c3)c2c1=O. The van der Waals surface area contributed by atoms with E-state index in [1.54, 1.807) is 11.5 Å². The average molecular weight is 389 g/mol. The van der Waals surface area contributed by atoms with Crippen LogP contribution in [0.2, 0.25) is 5.02 Å². The molecule has 0 bridgehead atoms. The Labute approximate surface area is 161 Å². The van der Waals surface area contributed by atoms with E-state index in [2.05, 4.69) is 0 Å². The Morgan fingerprint density at radius 3 is 2.69 bits per heavy atom. The Kier molecular flexibility index (Phi) is 5.30. The Morgan fingerprint density at radius 1 is 1.35 bits per heavy atom. The molecule has 3 rings (SSSR count). The van der Waals surface area contributed by atoms with Crippen molar-refractivity contribution in [3.05, 3.63) is 50.3 Å². The highest BCUT2D eigenvalue weighted by Crippen LogP contribution is 2.33. The fourth-order valence-electron chi connectivity index (χ4n) is 2.99. The molecule has 1 aromatic carbocycles. The van der Waals surface area contributed by atoms with Crippen LogP contribution >= 0.6 is 22.9 Å². The van der Waals surface area contributed by atoms with Gasteiger partial charge in [-0.3, -0.25) is 14.2 Å². The molecule has 2 aromatic heterocycles. The summed E-state index contributed by atoms with van der Waals surface area (Å²) in [5.41, 5.74) is 2.71. The van der Waals surface area contributed by atoms with Gasteiger partial charge in [-0.15, -0.1) is 11.3 Å². The minimum Gasteiger partial charge on any atom is -0.300 e. The van der Waals surface area contributed by atoms with Crippen molar-refractivity contribution in [2.75, 3.05) is 0 Å². The van der Waals surface area contributed by atoms with Crippen molar-refractivity contribution in [3.63, 3.8) is 0 Å². The number of nitrogens with zero attached hydrogens (tertiary/aromatic N) is 2. The molecule has 0 saturated carbocycles. The summed E-state index contributed by atoms with van der Waals surface area (Å²) in [6.07, 6.45) is 0.326. The normalized spacial score (nSPS) is 11.5. The van der Waals surface area contributed by atoms with Gasteiger partial charge in [-0.2, -0.15) is 0 Å². The zero-order chi connectivity index (χ0) is 19.0. The van der Waals surface area contributed by atoms with Gasteiger partial charge in [0.1, 0.15) is 16.4 Å². The molecule has 2 heterocycles. The predicted octanol–water partition coefficient (Wildman–Crippen LogP) is 5.19. The molecule has 26 heavy (non-hydrogen) atoms. The first-order valence-electron chi connectivity index (χ1n) is 8.57. The van der Waals surface area contributed by atoms with Gasteiger partial charge in [0.25, 0.3) is 5.56 Å². The van der Waals surface area contributed by atoms with Crippen LogP contribution in [0.25, 0.3) is 21.3 Å². The van der Waals surface area contributed by atoms with Crippen LogP contribution in [0, 0.1) is 6.92 Å². The van der Waals surface area contributed by atoms with E-state index in [1.807, 2.05) is 44.4 Å². The van der Waals surface area contributed by atoms with Crippen LogP contribution in [-0.2, 0) is 11.3 Å². The van der Waals surface area contributed by atoms with Gasteiger partial charge >= 0.3 is 0 Å². The fraction of sp³-hybridized carbons (Fsp3) is 0.350. The first kappa shape index (κ1) is 18.8. The molecule has 0 radical (unpaired) electrons. The maximum Gasteiger partial charge on any atom is 0.262 e. The molecule has 0 aliphatic rings. The van der Waals surface area contributed by atoms with Crippen molar-refractivity contribution in [1.29, 1.82) is 0 Å². The molecule has 0 aliphatic carbocycles. The van der Waals surface area contributed by atoms with Crippen LogP contribution in [0.4, 0.5) is 0 Å². The highest BCUT2D eigenvalue weighted by Gasteiger charge is 2.19. The van der Waals surface area contributed by atoms with E-state index in [1.165, 1.54) is 11.3 Å². The third-order valence-electron chi connectivity index (χ3n) is 4.40. The molecule has 136 valence electrons. The Balaban J connectivity index is 2.25. The molecule has 0 saturated heterocycles. The van der Waals surface area contributed by atoms with Gasteiger partial charge in [0.2, 0.25) is 0 Å². The zero-order valence-corrected chi connectivity index (χ0v) is 16.9. The summed E-state index contributed by atoms with van der Waals surface area (Å²) in [5, 5.41) is 3.29. The minimum absolute atomic E-state index is 0.0607. The van der Waals surface area contributed by atoms with Gasteiger partial charge in [0, 0.05) is 34.8 Å². The van der Waals surface area contributed by atoms with Crippen LogP contribution < -0.4 is 5.56 Å². The number of Topliss-reactive ketones (excluding diaryl/α,β-unsaturated/α-hetero) is 1. The van der Waals surface area contributed by atoms with Crippen LogP contribution in [0.1, 0.15) is 44.5 Å². The molecular weight excluding hydrogens is 368 g/mol. The molecule has 0 fully saturated rings. The molecule has 0 N–H and O–H groups in total. The molecule has 0 amide bonds. The lowest BCUT2D eigenvalue weighted by Gasteiger charge is -2.14. The summed E-state index contributed by atoms with van der Waals surface area (Å²) >= 11 is 7.61. The van der Waals surface area contributed by atoms with Crippen molar-refractivity contribution in [2.45, 2.75) is 46.6 Å². The van der Waals surface area contributed by atoms with Gasteiger partial charge in [0.15, 0.2) is 0 Å². The maximum atomic E-state index is 13.3. The van der Waals surface area contributed by atoms with Crippen molar-refractivity contribution in [3.8, 4) is 11.1 Å². The molecule has 6 heteroatoms. The highest BCUT2D eigenvalue weighted by atomic mass is 35.5. The predicted molar refractivity (Wildman–Crippen MR) is 108 cm³/mol. The van der Waals surface area contributed by atoms with E-state index in [0.717, 1.165) is 27.3 Å². The summed E-state index contributed by atoms with van der Waals surface area (Å²) in [7, 11) is 0. The van der Waals surface area contributed by atoms with Gasteiger partial charge in [0.05, 0.1) is 5.39 Å². The third kappa shape index (κ3) is 3.46. The van der Waals surface area contributed by atoms with E-state index in [-0.39, 0.29) is 17.3 Å². The topological polar surface area (TPSA) is 52.0 Å². The summed E-state index contributed by atoms with van der Waals surface area (Å²) in [6, 6.07) is 5.76. The summed E-state index contributed by atoms with van der Waals surface area (Å²) in [4.78, 5) is 30.2. The van der Waals surface area contributed by atoms with E-state index in [0.29, 0.717) is 23.4 Å². The standard InChI is InChI=1S/C20H21ClN2O2S/c1-11(2)18-22-19-17(20(25)23(18)8-7-13(4)24)15(10-26-19)14-5-6-16(21)12(3)9-14/h5-6,9-11H,7-8H2,1-4H3. The van der Waals surface area contributed by atoms with Crippen molar-refractivity contribution in [2.24, 2.45) is 0 Å².